The fourth-order valence-electron chi connectivity index (χ4n) is 3.33. The SMILES string of the molecule is CO[C@@H]1[C@@H](n2cc(-c3csc(N)n3)nn2)[C@@H](O)[C@@H](CO)O[C@@H]1Sc1cccc(Cl)c1. The standard InChI is InChI=1S/C18H20ClN5O4S2/c1-27-16-14(24-6-11(22-23-24)12-8-29-18(20)21-12)15(26)13(7-25)28-17(16)30-10-4-2-3-9(19)5-10/h2-6,8,13-17,25-26H,7H2,1H3,(H2,20,21)/t13-,14+,15+,16-,17-/m1/s1. The smallest absolute Gasteiger partial charge is 0.180 e. The number of thiazole rings is 1. The van der Waals surface area contributed by atoms with Crippen molar-refractivity contribution in [1.82, 2.24) is 20.0 Å². The number of benzene rings is 1. The minimum absolute atomic E-state index is 0.356. The molecule has 1 saturated heterocycles. The molecule has 0 amide bonds. The van der Waals surface area contributed by atoms with E-state index >= 15 is 0 Å². The van der Waals surface area contributed by atoms with Crippen molar-refractivity contribution in [3.63, 3.8) is 0 Å². The number of nitrogen functional groups attached to an aromatic ring is 1. The molecule has 30 heavy (non-hydrogen) atoms. The number of nitrogens with two attached hydrogens (primary N) is 1. The highest BCUT2D eigenvalue weighted by Crippen LogP contribution is 2.40. The summed E-state index contributed by atoms with van der Waals surface area (Å²) < 4.78 is 13.2. The highest BCUT2D eigenvalue weighted by Gasteiger charge is 2.47. The Kier molecular flexibility index (Phi) is 6.58. The van der Waals surface area contributed by atoms with E-state index in [9.17, 15) is 10.2 Å². The molecule has 3 heterocycles. The zero-order chi connectivity index (χ0) is 21.3. The van der Waals surface area contributed by atoms with Crippen LogP contribution in [0, 0.1) is 0 Å². The van der Waals surface area contributed by atoms with Crippen molar-refractivity contribution >= 4 is 39.8 Å². The number of aromatic nitrogens is 4. The van der Waals surface area contributed by atoms with Gasteiger partial charge in [0.15, 0.2) is 5.13 Å². The molecule has 12 heteroatoms. The zero-order valence-corrected chi connectivity index (χ0v) is 18.2. The van der Waals surface area contributed by atoms with Crippen molar-refractivity contribution in [1.29, 1.82) is 0 Å². The molecule has 0 saturated carbocycles. The summed E-state index contributed by atoms with van der Waals surface area (Å²) in [5, 5.41) is 31.8. The highest BCUT2D eigenvalue weighted by molar-refractivity contribution is 7.99. The maximum absolute atomic E-state index is 10.9. The van der Waals surface area contributed by atoms with E-state index in [1.165, 1.54) is 34.9 Å². The second kappa shape index (κ2) is 9.18. The van der Waals surface area contributed by atoms with E-state index in [0.717, 1.165) is 4.90 Å². The molecule has 0 unspecified atom stereocenters. The van der Waals surface area contributed by atoms with Gasteiger partial charge in [0.1, 0.15) is 41.2 Å². The maximum Gasteiger partial charge on any atom is 0.180 e. The number of nitrogens with zero attached hydrogens (tertiary/aromatic N) is 4. The van der Waals surface area contributed by atoms with Gasteiger partial charge in [-0.05, 0) is 18.2 Å². The van der Waals surface area contributed by atoms with Gasteiger partial charge >= 0.3 is 0 Å². The number of aliphatic hydroxyl groups is 2. The average Bonchev–Trinajstić information content (AvgIpc) is 3.37. The Morgan fingerprint density at radius 1 is 1.40 bits per heavy atom. The van der Waals surface area contributed by atoms with Crippen LogP contribution in [0.3, 0.4) is 0 Å². The van der Waals surface area contributed by atoms with E-state index in [0.29, 0.717) is 21.5 Å². The first-order chi connectivity index (χ1) is 14.5. The first-order valence-corrected chi connectivity index (χ1v) is 11.2. The van der Waals surface area contributed by atoms with Crippen LogP contribution in [0.5, 0.6) is 0 Å². The van der Waals surface area contributed by atoms with E-state index in [1.54, 1.807) is 17.6 Å². The molecule has 0 spiro atoms. The molecule has 1 aliphatic rings. The maximum atomic E-state index is 10.9. The lowest BCUT2D eigenvalue weighted by Crippen LogP contribution is -2.55. The van der Waals surface area contributed by atoms with Gasteiger partial charge in [-0.2, -0.15) is 0 Å². The molecule has 1 aromatic carbocycles. The van der Waals surface area contributed by atoms with Gasteiger partial charge in [0, 0.05) is 22.4 Å². The Morgan fingerprint density at radius 2 is 2.23 bits per heavy atom. The minimum atomic E-state index is -1.06. The number of aliphatic hydroxyl groups excluding tert-OH is 2. The summed E-state index contributed by atoms with van der Waals surface area (Å²) >= 11 is 8.80. The minimum Gasteiger partial charge on any atom is -0.394 e. The third-order valence-electron chi connectivity index (χ3n) is 4.75. The van der Waals surface area contributed by atoms with Crippen LogP contribution in [0.4, 0.5) is 5.13 Å². The van der Waals surface area contributed by atoms with Crippen molar-refractivity contribution in [2.45, 2.75) is 34.7 Å². The molecule has 5 atom stereocenters. The molecular weight excluding hydrogens is 450 g/mol. The second-order valence-corrected chi connectivity index (χ2v) is 9.13. The van der Waals surface area contributed by atoms with Crippen molar-refractivity contribution < 1.29 is 19.7 Å². The zero-order valence-electron chi connectivity index (χ0n) is 15.8. The first kappa shape index (κ1) is 21.5. The summed E-state index contributed by atoms with van der Waals surface area (Å²) in [5.74, 6) is 0. The third kappa shape index (κ3) is 4.33. The van der Waals surface area contributed by atoms with Gasteiger partial charge in [0.2, 0.25) is 0 Å². The Balaban J connectivity index is 1.65. The molecule has 9 nitrogen and oxygen atoms in total. The predicted molar refractivity (Wildman–Crippen MR) is 114 cm³/mol. The van der Waals surface area contributed by atoms with E-state index in [-0.39, 0.29) is 6.61 Å². The number of hydrogen-bond acceptors (Lipinski definition) is 10. The number of ether oxygens (including phenoxy) is 2. The Morgan fingerprint density at radius 3 is 2.90 bits per heavy atom. The van der Waals surface area contributed by atoms with Gasteiger partial charge in [0.05, 0.1) is 12.8 Å². The summed E-state index contributed by atoms with van der Waals surface area (Å²) in [6, 6.07) is 6.70. The van der Waals surface area contributed by atoms with Crippen LogP contribution in [0.2, 0.25) is 5.02 Å². The molecular formula is C18H20ClN5O4S2. The number of anilines is 1. The molecule has 4 rings (SSSR count). The van der Waals surface area contributed by atoms with Gasteiger partial charge in [-0.15, -0.1) is 16.4 Å². The number of thioether (sulfide) groups is 1. The summed E-state index contributed by atoms with van der Waals surface area (Å²) in [5.41, 5.74) is 6.30. The second-order valence-electron chi connectivity index (χ2n) is 6.64. The van der Waals surface area contributed by atoms with Crippen LogP contribution in [-0.4, -0.2) is 67.7 Å². The third-order valence-corrected chi connectivity index (χ3v) is 6.79. The normalized spacial score (nSPS) is 26.7. The van der Waals surface area contributed by atoms with Crippen molar-refractivity contribution in [3.8, 4) is 11.4 Å². The summed E-state index contributed by atoms with van der Waals surface area (Å²) in [4.78, 5) is 5.09. The summed E-state index contributed by atoms with van der Waals surface area (Å²) in [6.45, 7) is -0.356. The molecule has 4 N–H and O–H groups in total. The van der Waals surface area contributed by atoms with Crippen molar-refractivity contribution in [2.24, 2.45) is 0 Å². The van der Waals surface area contributed by atoms with Gasteiger partial charge < -0.3 is 25.4 Å². The average molecular weight is 470 g/mol. The number of hydrogen-bond donors (Lipinski definition) is 3. The fourth-order valence-corrected chi connectivity index (χ4v) is 5.37. The summed E-state index contributed by atoms with van der Waals surface area (Å²) in [6.07, 6.45) is -0.788. The van der Waals surface area contributed by atoms with Crippen molar-refractivity contribution in [3.05, 3.63) is 40.9 Å². The predicted octanol–water partition coefficient (Wildman–Crippen LogP) is 2.06. The monoisotopic (exact) mass is 469 g/mol. The Bertz CT molecular complexity index is 1000. The van der Waals surface area contributed by atoms with E-state index in [2.05, 4.69) is 15.3 Å². The lowest BCUT2D eigenvalue weighted by molar-refractivity contribution is -0.186. The molecule has 0 radical (unpaired) electrons. The topological polar surface area (TPSA) is 129 Å². The lowest BCUT2D eigenvalue weighted by Gasteiger charge is -2.43. The summed E-state index contributed by atoms with van der Waals surface area (Å²) in [7, 11) is 1.54. The van der Waals surface area contributed by atoms with E-state index in [1.807, 2.05) is 18.2 Å². The Labute approximate surface area is 185 Å². The van der Waals surface area contributed by atoms with Gasteiger partial charge in [-0.1, -0.05) is 34.6 Å². The fraction of sp³-hybridized carbons (Fsp3) is 0.389. The van der Waals surface area contributed by atoms with Crippen LogP contribution in [0.25, 0.3) is 11.4 Å². The molecule has 2 aromatic heterocycles. The van der Waals surface area contributed by atoms with Gasteiger partial charge in [-0.25, -0.2) is 9.67 Å². The largest absolute Gasteiger partial charge is 0.394 e. The quantitative estimate of drug-likeness (QED) is 0.496. The molecule has 1 aliphatic heterocycles. The highest BCUT2D eigenvalue weighted by atomic mass is 35.5. The first-order valence-electron chi connectivity index (χ1n) is 9.02. The van der Waals surface area contributed by atoms with Gasteiger partial charge in [-0.3, -0.25) is 0 Å². The van der Waals surface area contributed by atoms with Gasteiger partial charge in [0.25, 0.3) is 0 Å². The van der Waals surface area contributed by atoms with Crippen LogP contribution >= 0.6 is 34.7 Å². The molecule has 1 fully saturated rings. The van der Waals surface area contributed by atoms with Crippen LogP contribution in [0.1, 0.15) is 6.04 Å². The molecule has 3 aromatic rings. The molecule has 0 aliphatic carbocycles. The molecule has 160 valence electrons. The molecule has 0 bridgehead atoms. The van der Waals surface area contributed by atoms with Crippen molar-refractivity contribution in [2.75, 3.05) is 19.5 Å². The van der Waals surface area contributed by atoms with Crippen LogP contribution in [-0.2, 0) is 9.47 Å². The number of methoxy groups -OCH3 is 1. The van der Waals surface area contributed by atoms with E-state index in [4.69, 9.17) is 26.8 Å². The number of rotatable bonds is 6. The lowest BCUT2D eigenvalue weighted by atomic mass is 9.97. The van der Waals surface area contributed by atoms with Crippen LogP contribution in [0.15, 0.2) is 40.7 Å². The Hall–Kier alpha value is -1.73. The van der Waals surface area contributed by atoms with Crippen LogP contribution < -0.4 is 5.73 Å². The van der Waals surface area contributed by atoms with E-state index < -0.39 is 29.8 Å². The number of halogens is 1.